The van der Waals surface area contributed by atoms with Crippen LogP contribution in [-0.4, -0.2) is 35.8 Å². The quantitative estimate of drug-likeness (QED) is 0.748. The average Bonchev–Trinajstić information content (AvgIpc) is 2.36. The first-order valence-corrected chi connectivity index (χ1v) is 6.78. The fraction of sp³-hybridized carbons (Fsp3) is 0.846. The summed E-state index contributed by atoms with van der Waals surface area (Å²) in [6.45, 7) is 5.43. The standard InChI is InChI=1S/C13H25N3O2/c1-3-9(2)12(15)13(18)16-6-4-10(5-7-16)8-11(14)17/h9-10,12H,3-8,15H2,1-2H3,(H2,14,17)/t9?,12-/m0/s1. The normalized spacial score (nSPS) is 20.5. The summed E-state index contributed by atoms with van der Waals surface area (Å²) < 4.78 is 0. The largest absolute Gasteiger partial charge is 0.370 e. The van der Waals surface area contributed by atoms with Crippen LogP contribution in [-0.2, 0) is 9.59 Å². The van der Waals surface area contributed by atoms with Gasteiger partial charge in [-0.2, -0.15) is 0 Å². The second-order valence-electron chi connectivity index (χ2n) is 5.35. The highest BCUT2D eigenvalue weighted by Crippen LogP contribution is 2.21. The molecule has 18 heavy (non-hydrogen) atoms. The lowest BCUT2D eigenvalue weighted by Gasteiger charge is -2.34. The van der Waals surface area contributed by atoms with Crippen LogP contribution < -0.4 is 11.5 Å². The number of primary amides is 1. The minimum Gasteiger partial charge on any atom is -0.370 e. The molecule has 5 heteroatoms. The molecule has 4 N–H and O–H groups in total. The minimum atomic E-state index is -0.400. The maximum atomic E-state index is 12.1. The van der Waals surface area contributed by atoms with Gasteiger partial charge in [-0.1, -0.05) is 20.3 Å². The van der Waals surface area contributed by atoms with Gasteiger partial charge < -0.3 is 16.4 Å². The second kappa shape index (κ2) is 6.73. The molecule has 1 heterocycles. The van der Waals surface area contributed by atoms with Gasteiger partial charge in [-0.15, -0.1) is 0 Å². The van der Waals surface area contributed by atoms with Crippen molar-refractivity contribution >= 4 is 11.8 Å². The summed E-state index contributed by atoms with van der Waals surface area (Å²) in [5, 5.41) is 0. The number of nitrogens with two attached hydrogens (primary N) is 2. The number of carbonyl (C=O) groups is 2. The Labute approximate surface area is 109 Å². The molecule has 0 aromatic heterocycles. The van der Waals surface area contributed by atoms with Gasteiger partial charge in [0.1, 0.15) is 0 Å². The van der Waals surface area contributed by atoms with E-state index in [1.165, 1.54) is 0 Å². The number of nitrogens with zero attached hydrogens (tertiary/aromatic N) is 1. The number of hydrogen-bond acceptors (Lipinski definition) is 3. The number of piperidine rings is 1. The van der Waals surface area contributed by atoms with Crippen molar-refractivity contribution < 1.29 is 9.59 Å². The topological polar surface area (TPSA) is 89.4 Å². The molecule has 0 aliphatic carbocycles. The molecular formula is C13H25N3O2. The molecule has 1 fully saturated rings. The first kappa shape index (κ1) is 15.0. The zero-order valence-electron chi connectivity index (χ0n) is 11.4. The van der Waals surface area contributed by atoms with Gasteiger partial charge in [-0.05, 0) is 24.7 Å². The third-order valence-electron chi connectivity index (χ3n) is 3.96. The summed E-state index contributed by atoms with van der Waals surface area (Å²) in [6, 6.07) is -0.400. The van der Waals surface area contributed by atoms with Gasteiger partial charge in [0, 0.05) is 19.5 Å². The van der Waals surface area contributed by atoms with Crippen molar-refractivity contribution in [2.45, 2.75) is 45.6 Å². The van der Waals surface area contributed by atoms with E-state index in [-0.39, 0.29) is 17.7 Å². The predicted molar refractivity (Wildman–Crippen MR) is 70.5 cm³/mol. The molecular weight excluding hydrogens is 230 g/mol. The Bertz CT molecular complexity index is 299. The smallest absolute Gasteiger partial charge is 0.239 e. The Kier molecular flexibility index (Phi) is 5.59. The summed E-state index contributed by atoms with van der Waals surface area (Å²) in [5.74, 6) is 0.324. The summed E-state index contributed by atoms with van der Waals surface area (Å²) in [5.41, 5.74) is 11.1. The molecule has 2 amide bonds. The van der Waals surface area contributed by atoms with E-state index in [0.29, 0.717) is 25.4 Å². The molecule has 1 aliphatic rings. The average molecular weight is 255 g/mol. The number of rotatable bonds is 5. The van der Waals surface area contributed by atoms with Crippen LogP contribution in [0.25, 0.3) is 0 Å². The highest BCUT2D eigenvalue weighted by atomic mass is 16.2. The fourth-order valence-electron chi connectivity index (χ4n) is 2.35. The lowest BCUT2D eigenvalue weighted by molar-refractivity contribution is -0.135. The van der Waals surface area contributed by atoms with E-state index < -0.39 is 6.04 Å². The molecule has 0 spiro atoms. The van der Waals surface area contributed by atoms with Gasteiger partial charge in [0.05, 0.1) is 6.04 Å². The van der Waals surface area contributed by atoms with Crippen LogP contribution in [0.1, 0.15) is 39.5 Å². The molecule has 104 valence electrons. The van der Waals surface area contributed by atoms with E-state index in [1.54, 1.807) is 0 Å². The van der Waals surface area contributed by atoms with E-state index in [1.807, 2.05) is 18.7 Å². The predicted octanol–water partition coefficient (Wildman–Crippen LogP) is 0.474. The lowest BCUT2D eigenvalue weighted by atomic mass is 9.92. The van der Waals surface area contributed by atoms with Crippen molar-refractivity contribution in [3.63, 3.8) is 0 Å². The lowest BCUT2D eigenvalue weighted by Crippen LogP contribution is -2.49. The first-order valence-electron chi connectivity index (χ1n) is 6.78. The monoisotopic (exact) mass is 255 g/mol. The fourth-order valence-corrected chi connectivity index (χ4v) is 2.35. The molecule has 1 saturated heterocycles. The number of amides is 2. The van der Waals surface area contributed by atoms with E-state index >= 15 is 0 Å². The van der Waals surface area contributed by atoms with Crippen LogP contribution in [0.2, 0.25) is 0 Å². The Morgan fingerprint density at radius 2 is 1.89 bits per heavy atom. The van der Waals surface area contributed by atoms with Crippen molar-refractivity contribution in [3.8, 4) is 0 Å². The van der Waals surface area contributed by atoms with E-state index in [4.69, 9.17) is 11.5 Å². The second-order valence-corrected chi connectivity index (χ2v) is 5.35. The SMILES string of the molecule is CCC(C)[C@H](N)C(=O)N1CCC(CC(N)=O)CC1. The third kappa shape index (κ3) is 3.98. The van der Waals surface area contributed by atoms with Crippen molar-refractivity contribution in [2.75, 3.05) is 13.1 Å². The van der Waals surface area contributed by atoms with Crippen LogP contribution >= 0.6 is 0 Å². The maximum Gasteiger partial charge on any atom is 0.239 e. The zero-order valence-corrected chi connectivity index (χ0v) is 11.4. The van der Waals surface area contributed by atoms with E-state index in [2.05, 4.69) is 0 Å². The summed E-state index contributed by atoms with van der Waals surface area (Å²) >= 11 is 0. The Hall–Kier alpha value is -1.10. The van der Waals surface area contributed by atoms with Crippen LogP contribution in [0.3, 0.4) is 0 Å². The molecule has 1 aliphatic heterocycles. The van der Waals surface area contributed by atoms with Crippen LogP contribution in [0.15, 0.2) is 0 Å². The zero-order chi connectivity index (χ0) is 13.7. The highest BCUT2D eigenvalue weighted by molar-refractivity contribution is 5.82. The molecule has 5 nitrogen and oxygen atoms in total. The number of hydrogen-bond donors (Lipinski definition) is 2. The first-order chi connectivity index (χ1) is 8.45. The van der Waals surface area contributed by atoms with Crippen molar-refractivity contribution in [3.05, 3.63) is 0 Å². The van der Waals surface area contributed by atoms with Crippen molar-refractivity contribution in [1.29, 1.82) is 0 Å². The number of carbonyl (C=O) groups excluding carboxylic acids is 2. The molecule has 0 saturated carbocycles. The maximum absolute atomic E-state index is 12.1. The Morgan fingerprint density at radius 1 is 1.33 bits per heavy atom. The third-order valence-corrected chi connectivity index (χ3v) is 3.96. The van der Waals surface area contributed by atoms with Gasteiger partial charge in [0.25, 0.3) is 0 Å². The molecule has 0 aromatic carbocycles. The van der Waals surface area contributed by atoms with Gasteiger partial charge in [0.2, 0.25) is 11.8 Å². The molecule has 1 rings (SSSR count). The van der Waals surface area contributed by atoms with Crippen LogP contribution in [0, 0.1) is 11.8 Å². The summed E-state index contributed by atoms with van der Waals surface area (Å²) in [6.07, 6.45) is 3.04. The van der Waals surface area contributed by atoms with Crippen molar-refractivity contribution in [2.24, 2.45) is 23.3 Å². The number of likely N-dealkylation sites (tertiary alicyclic amines) is 1. The summed E-state index contributed by atoms with van der Waals surface area (Å²) in [4.78, 5) is 24.8. The van der Waals surface area contributed by atoms with Gasteiger partial charge >= 0.3 is 0 Å². The molecule has 0 radical (unpaired) electrons. The van der Waals surface area contributed by atoms with Gasteiger partial charge in [-0.3, -0.25) is 9.59 Å². The minimum absolute atomic E-state index is 0.0434. The molecule has 0 aromatic rings. The molecule has 2 atom stereocenters. The Balaban J connectivity index is 2.42. The van der Waals surface area contributed by atoms with Crippen LogP contribution in [0.4, 0.5) is 0 Å². The van der Waals surface area contributed by atoms with Gasteiger partial charge in [-0.25, -0.2) is 0 Å². The molecule has 0 bridgehead atoms. The highest BCUT2D eigenvalue weighted by Gasteiger charge is 2.28. The van der Waals surface area contributed by atoms with E-state index in [0.717, 1.165) is 19.3 Å². The molecule has 1 unspecified atom stereocenters. The van der Waals surface area contributed by atoms with Crippen molar-refractivity contribution in [1.82, 2.24) is 4.90 Å². The Morgan fingerprint density at radius 3 is 2.33 bits per heavy atom. The van der Waals surface area contributed by atoms with Gasteiger partial charge in [0.15, 0.2) is 0 Å². The van der Waals surface area contributed by atoms with Crippen LogP contribution in [0.5, 0.6) is 0 Å². The summed E-state index contributed by atoms with van der Waals surface area (Å²) in [7, 11) is 0. The van der Waals surface area contributed by atoms with E-state index in [9.17, 15) is 9.59 Å².